The van der Waals surface area contributed by atoms with E-state index in [9.17, 15) is 18.0 Å². The van der Waals surface area contributed by atoms with Crippen LogP contribution in [0, 0.1) is 6.92 Å². The number of ketones is 1. The lowest BCUT2D eigenvalue weighted by Crippen LogP contribution is -2.43. The Kier molecular flexibility index (Phi) is 7.25. The summed E-state index contributed by atoms with van der Waals surface area (Å²) in [5, 5.41) is 3.12. The second kappa shape index (κ2) is 10.2. The number of methoxy groups -OCH3 is 1. The summed E-state index contributed by atoms with van der Waals surface area (Å²) in [7, 11) is -2.49. The summed E-state index contributed by atoms with van der Waals surface area (Å²) in [6.45, 7) is 1.92. The van der Waals surface area contributed by atoms with Crippen LogP contribution in [0.25, 0.3) is 0 Å². The minimum atomic E-state index is -3.96. The quantitative estimate of drug-likeness (QED) is 0.464. The molecule has 0 aromatic heterocycles. The molecule has 1 heterocycles. The molecule has 0 spiro atoms. The first kappa shape index (κ1) is 24.9. The Hall–Kier alpha value is -3.20. The van der Waals surface area contributed by atoms with Crippen LogP contribution in [-0.4, -0.2) is 44.1 Å². The van der Waals surface area contributed by atoms with E-state index in [4.69, 9.17) is 16.3 Å². The Morgan fingerprint density at radius 3 is 2.51 bits per heavy atom. The van der Waals surface area contributed by atoms with Gasteiger partial charge >= 0.3 is 0 Å². The molecular formula is C26H25ClN2O5S. The molecule has 35 heavy (non-hydrogen) atoms. The lowest BCUT2D eigenvalue weighted by molar-refractivity contribution is -0.119. The largest absolute Gasteiger partial charge is 0.497 e. The van der Waals surface area contributed by atoms with Crippen molar-refractivity contribution in [2.75, 3.05) is 19.0 Å². The van der Waals surface area contributed by atoms with E-state index in [1.165, 1.54) is 23.5 Å². The maximum Gasteiger partial charge on any atom is 0.244 e. The number of ether oxygens (including phenoxy) is 1. The number of benzene rings is 3. The molecule has 1 N–H and O–H groups in total. The van der Waals surface area contributed by atoms with Crippen LogP contribution in [0.5, 0.6) is 5.75 Å². The van der Waals surface area contributed by atoms with Gasteiger partial charge in [-0.3, -0.25) is 9.59 Å². The number of carbonyl (C=O) groups is 2. The van der Waals surface area contributed by atoms with Crippen molar-refractivity contribution in [3.63, 3.8) is 0 Å². The van der Waals surface area contributed by atoms with Gasteiger partial charge in [0.25, 0.3) is 0 Å². The van der Waals surface area contributed by atoms with Crippen molar-refractivity contribution in [1.82, 2.24) is 4.31 Å². The molecule has 9 heteroatoms. The maximum atomic E-state index is 13.5. The topological polar surface area (TPSA) is 92.8 Å². The van der Waals surface area contributed by atoms with Crippen LogP contribution in [0.1, 0.15) is 34.3 Å². The van der Waals surface area contributed by atoms with Gasteiger partial charge in [0.2, 0.25) is 15.9 Å². The van der Waals surface area contributed by atoms with Gasteiger partial charge in [-0.25, -0.2) is 8.42 Å². The number of halogens is 1. The van der Waals surface area contributed by atoms with Crippen LogP contribution < -0.4 is 10.1 Å². The normalized spacial score (nSPS) is 16.1. The number of rotatable bonds is 7. The number of sulfonamides is 1. The minimum absolute atomic E-state index is 0.1000. The van der Waals surface area contributed by atoms with Gasteiger partial charge in [0.05, 0.1) is 17.7 Å². The Bertz CT molecular complexity index is 1380. The highest BCUT2D eigenvalue weighted by atomic mass is 35.5. The molecule has 0 saturated carbocycles. The summed E-state index contributed by atoms with van der Waals surface area (Å²) in [5.41, 5.74) is 1.51. The fourth-order valence-electron chi connectivity index (χ4n) is 4.18. The number of carbonyl (C=O) groups excluding carboxylic acids is 2. The van der Waals surface area contributed by atoms with Crippen molar-refractivity contribution >= 4 is 39.0 Å². The third-order valence-corrected chi connectivity index (χ3v) is 8.29. The van der Waals surface area contributed by atoms with E-state index in [1.807, 2.05) is 0 Å². The lowest BCUT2D eigenvalue weighted by Gasteiger charge is -2.25. The van der Waals surface area contributed by atoms with Crippen LogP contribution in [-0.2, 0) is 14.8 Å². The molecule has 1 atom stereocenters. The van der Waals surface area contributed by atoms with Gasteiger partial charge in [0.1, 0.15) is 11.8 Å². The highest BCUT2D eigenvalue weighted by Crippen LogP contribution is 2.31. The second-order valence-electron chi connectivity index (χ2n) is 8.28. The average Bonchev–Trinajstić information content (AvgIpc) is 3.37. The Balaban J connectivity index is 1.63. The van der Waals surface area contributed by atoms with E-state index in [1.54, 1.807) is 61.5 Å². The van der Waals surface area contributed by atoms with E-state index in [-0.39, 0.29) is 28.5 Å². The minimum Gasteiger partial charge on any atom is -0.497 e. The Labute approximate surface area is 209 Å². The average molecular weight is 513 g/mol. The summed E-state index contributed by atoms with van der Waals surface area (Å²) < 4.78 is 33.4. The van der Waals surface area contributed by atoms with E-state index in [2.05, 4.69) is 5.32 Å². The fraction of sp³-hybridized carbons (Fsp3) is 0.231. The first-order valence-corrected chi connectivity index (χ1v) is 12.9. The summed E-state index contributed by atoms with van der Waals surface area (Å²) in [6.07, 6.45) is 0.903. The summed E-state index contributed by atoms with van der Waals surface area (Å²) in [6, 6.07) is 17.2. The predicted molar refractivity (Wildman–Crippen MR) is 135 cm³/mol. The number of hydrogen-bond donors (Lipinski definition) is 1. The molecule has 1 saturated heterocycles. The highest BCUT2D eigenvalue weighted by molar-refractivity contribution is 7.89. The molecular weight excluding hydrogens is 488 g/mol. The van der Waals surface area contributed by atoms with E-state index >= 15 is 0 Å². The predicted octanol–water partition coefficient (Wildman–Crippen LogP) is 4.68. The molecule has 1 aliphatic heterocycles. The Morgan fingerprint density at radius 1 is 1.06 bits per heavy atom. The standard InChI is InChI=1S/C26H25ClN2O5S/c1-17-10-12-20(34-2)16-24(17)35(32,33)29-14-6-9-23(29)26(31)28-22-13-11-19(27)15-21(22)25(30)18-7-4-3-5-8-18/h3-5,7-8,10-13,15-16,23H,6,9,14H2,1-2H3,(H,28,31)/t23-/m1/s1. The van der Waals surface area contributed by atoms with Gasteiger partial charge in [-0.1, -0.05) is 48.0 Å². The highest BCUT2D eigenvalue weighted by Gasteiger charge is 2.40. The van der Waals surface area contributed by atoms with Gasteiger partial charge < -0.3 is 10.1 Å². The monoisotopic (exact) mass is 512 g/mol. The van der Waals surface area contributed by atoms with E-state index in [0.29, 0.717) is 34.7 Å². The van der Waals surface area contributed by atoms with Gasteiger partial charge in [0, 0.05) is 28.8 Å². The summed E-state index contributed by atoms with van der Waals surface area (Å²) in [5.74, 6) is -0.387. The molecule has 0 aliphatic carbocycles. The number of nitrogens with one attached hydrogen (secondary N) is 1. The number of hydrogen-bond acceptors (Lipinski definition) is 5. The number of anilines is 1. The zero-order valence-electron chi connectivity index (χ0n) is 19.3. The third-order valence-electron chi connectivity index (χ3n) is 6.01. The molecule has 0 radical (unpaired) electrons. The summed E-state index contributed by atoms with van der Waals surface area (Å²) in [4.78, 5) is 26.5. The molecule has 1 aliphatic rings. The van der Waals surface area contributed by atoms with Crippen molar-refractivity contribution in [2.24, 2.45) is 0 Å². The second-order valence-corrected chi connectivity index (χ2v) is 10.6. The van der Waals surface area contributed by atoms with Crippen molar-refractivity contribution in [3.8, 4) is 5.75 Å². The first-order valence-electron chi connectivity index (χ1n) is 11.1. The SMILES string of the molecule is COc1ccc(C)c(S(=O)(=O)N2CCC[C@@H]2C(=O)Nc2ccc(Cl)cc2C(=O)c2ccccc2)c1. The fourth-order valence-corrected chi connectivity index (χ4v) is 6.25. The van der Waals surface area contributed by atoms with Crippen LogP contribution in [0.2, 0.25) is 5.02 Å². The van der Waals surface area contributed by atoms with E-state index in [0.717, 1.165) is 0 Å². The zero-order valence-corrected chi connectivity index (χ0v) is 20.9. The molecule has 0 unspecified atom stereocenters. The van der Waals surface area contributed by atoms with Crippen LogP contribution in [0.3, 0.4) is 0 Å². The molecule has 3 aromatic carbocycles. The molecule has 0 bridgehead atoms. The lowest BCUT2D eigenvalue weighted by atomic mass is 10.0. The van der Waals surface area contributed by atoms with Crippen molar-refractivity contribution in [2.45, 2.75) is 30.7 Å². The molecule has 182 valence electrons. The van der Waals surface area contributed by atoms with Gasteiger partial charge in [-0.15, -0.1) is 0 Å². The smallest absolute Gasteiger partial charge is 0.244 e. The number of aryl methyl sites for hydroxylation is 1. The summed E-state index contributed by atoms with van der Waals surface area (Å²) >= 11 is 6.14. The zero-order chi connectivity index (χ0) is 25.2. The molecule has 7 nitrogen and oxygen atoms in total. The Morgan fingerprint density at radius 2 is 1.80 bits per heavy atom. The molecule has 1 fully saturated rings. The van der Waals surface area contributed by atoms with E-state index < -0.39 is 22.0 Å². The van der Waals surface area contributed by atoms with Crippen LogP contribution in [0.4, 0.5) is 5.69 Å². The van der Waals surface area contributed by atoms with Gasteiger partial charge in [0.15, 0.2) is 5.78 Å². The van der Waals surface area contributed by atoms with Crippen molar-refractivity contribution in [1.29, 1.82) is 0 Å². The number of nitrogens with zero attached hydrogens (tertiary/aromatic N) is 1. The first-order chi connectivity index (χ1) is 16.7. The third kappa shape index (κ3) is 5.10. The number of amides is 1. The van der Waals surface area contributed by atoms with Crippen LogP contribution >= 0.6 is 11.6 Å². The van der Waals surface area contributed by atoms with Crippen molar-refractivity contribution in [3.05, 3.63) is 88.4 Å². The molecule has 1 amide bonds. The van der Waals surface area contributed by atoms with Crippen molar-refractivity contribution < 1.29 is 22.7 Å². The molecule has 4 rings (SSSR count). The van der Waals surface area contributed by atoms with Crippen LogP contribution in [0.15, 0.2) is 71.6 Å². The molecule has 3 aromatic rings. The van der Waals surface area contributed by atoms with Gasteiger partial charge in [-0.05, 0) is 49.6 Å². The van der Waals surface area contributed by atoms with Gasteiger partial charge in [-0.2, -0.15) is 4.31 Å². The maximum absolute atomic E-state index is 13.5.